The van der Waals surface area contributed by atoms with Crippen molar-refractivity contribution in [3.05, 3.63) is 76.9 Å². The molecule has 38 heavy (non-hydrogen) atoms. The van der Waals surface area contributed by atoms with E-state index in [4.69, 9.17) is 5.11 Å². The van der Waals surface area contributed by atoms with Crippen molar-refractivity contribution < 1.29 is 27.9 Å². The van der Waals surface area contributed by atoms with Crippen LogP contribution in [0.5, 0.6) is 0 Å². The van der Waals surface area contributed by atoms with Gasteiger partial charge in [0.2, 0.25) is 5.95 Å². The number of benzene rings is 1. The van der Waals surface area contributed by atoms with E-state index in [-0.39, 0.29) is 30.9 Å². The third-order valence-corrected chi connectivity index (χ3v) is 6.54. The van der Waals surface area contributed by atoms with Crippen LogP contribution >= 0.6 is 0 Å². The van der Waals surface area contributed by atoms with E-state index in [0.717, 1.165) is 43.9 Å². The lowest BCUT2D eigenvalue weighted by Crippen LogP contribution is -2.36. The SMILES string of the molecule is O=C[B]N1CCC(c2ccc(Nc3ncc(C(F)(F)F)c(CCc4ncccc4CC(=O)O)n3)cc2)CC1. The molecular formula is C26H26BF3N5O3. The van der Waals surface area contributed by atoms with Gasteiger partial charge in [0.1, 0.15) is 0 Å². The van der Waals surface area contributed by atoms with Crippen LogP contribution in [0.3, 0.4) is 0 Å². The zero-order valence-corrected chi connectivity index (χ0v) is 20.5. The van der Waals surface area contributed by atoms with Gasteiger partial charge in [0.15, 0.2) is 0 Å². The molecule has 2 N–H and O–H groups in total. The maximum Gasteiger partial charge on any atom is 0.419 e. The zero-order valence-electron chi connectivity index (χ0n) is 20.5. The van der Waals surface area contributed by atoms with E-state index in [1.165, 1.54) is 6.20 Å². The largest absolute Gasteiger partial charge is 0.481 e. The number of carboxylic acids is 1. The number of piperidine rings is 1. The number of carbonyl (C=O) groups excluding carboxylic acids is 1. The number of aryl methyl sites for hydroxylation is 2. The van der Waals surface area contributed by atoms with Crippen LogP contribution in [0.15, 0.2) is 48.8 Å². The fourth-order valence-electron chi connectivity index (χ4n) is 4.60. The van der Waals surface area contributed by atoms with Crippen LogP contribution in [0.25, 0.3) is 0 Å². The summed E-state index contributed by atoms with van der Waals surface area (Å²) in [5, 5.41) is 12.1. The van der Waals surface area contributed by atoms with Crippen molar-refractivity contribution in [3.8, 4) is 0 Å². The van der Waals surface area contributed by atoms with E-state index in [1.54, 1.807) is 19.5 Å². The van der Waals surface area contributed by atoms with E-state index < -0.39 is 17.7 Å². The molecule has 1 saturated heterocycles. The number of aliphatic carboxylic acids is 1. The molecule has 0 spiro atoms. The van der Waals surface area contributed by atoms with Crippen LogP contribution in [-0.2, 0) is 35.0 Å². The first-order valence-electron chi connectivity index (χ1n) is 12.2. The van der Waals surface area contributed by atoms with Gasteiger partial charge >= 0.3 is 12.1 Å². The second-order valence-electron chi connectivity index (χ2n) is 9.07. The summed E-state index contributed by atoms with van der Waals surface area (Å²) >= 11 is 0. The number of halogens is 3. The summed E-state index contributed by atoms with van der Waals surface area (Å²) in [6, 6.07) is 10.8. The predicted molar refractivity (Wildman–Crippen MR) is 136 cm³/mol. The molecule has 0 saturated carbocycles. The van der Waals surface area contributed by atoms with E-state index in [2.05, 4.69) is 20.3 Å². The van der Waals surface area contributed by atoms with E-state index in [1.807, 2.05) is 29.1 Å². The van der Waals surface area contributed by atoms with Gasteiger partial charge in [0.25, 0.3) is 7.41 Å². The quantitative estimate of drug-likeness (QED) is 0.302. The van der Waals surface area contributed by atoms with Gasteiger partial charge in [-0.2, -0.15) is 13.2 Å². The lowest BCUT2D eigenvalue weighted by Gasteiger charge is -2.30. The van der Waals surface area contributed by atoms with Crippen molar-refractivity contribution >= 4 is 31.2 Å². The number of pyridine rings is 1. The molecule has 0 bridgehead atoms. The highest BCUT2D eigenvalue weighted by Crippen LogP contribution is 2.33. The highest BCUT2D eigenvalue weighted by Gasteiger charge is 2.35. The molecule has 4 rings (SSSR count). The molecule has 12 heteroatoms. The Bertz CT molecular complexity index is 1270. The molecule has 1 radical (unpaired) electrons. The van der Waals surface area contributed by atoms with Crippen LogP contribution in [0.2, 0.25) is 0 Å². The van der Waals surface area contributed by atoms with Crippen molar-refractivity contribution in [2.45, 2.75) is 44.2 Å². The minimum atomic E-state index is -4.64. The average molecular weight is 524 g/mol. The van der Waals surface area contributed by atoms with Gasteiger partial charge in [-0.3, -0.25) is 9.78 Å². The monoisotopic (exact) mass is 524 g/mol. The zero-order chi connectivity index (χ0) is 27.1. The normalized spacial score (nSPS) is 14.7. The van der Waals surface area contributed by atoms with Gasteiger partial charge in [-0.05, 0) is 74.0 Å². The minimum absolute atomic E-state index is 0.0326. The molecular weight excluding hydrogens is 498 g/mol. The van der Waals surface area contributed by atoms with Gasteiger partial charge in [0, 0.05) is 23.8 Å². The molecule has 3 aromatic rings. The molecule has 1 aliphatic heterocycles. The molecule has 0 amide bonds. The molecule has 2 aromatic heterocycles. The van der Waals surface area contributed by atoms with Gasteiger partial charge in [0.05, 0.1) is 23.9 Å². The molecule has 0 unspecified atom stereocenters. The summed E-state index contributed by atoms with van der Waals surface area (Å²) in [7, 11) is 1.56. The van der Waals surface area contributed by atoms with Gasteiger partial charge in [-0.15, -0.1) is 0 Å². The van der Waals surface area contributed by atoms with Crippen molar-refractivity contribution in [1.82, 2.24) is 19.8 Å². The molecule has 197 valence electrons. The fourth-order valence-corrected chi connectivity index (χ4v) is 4.60. The summed E-state index contributed by atoms with van der Waals surface area (Å²) < 4.78 is 41.0. The fraction of sp³-hybridized carbons (Fsp3) is 0.346. The van der Waals surface area contributed by atoms with Crippen LogP contribution in [0.4, 0.5) is 24.8 Å². The molecule has 8 nitrogen and oxygen atoms in total. The average Bonchev–Trinajstić information content (AvgIpc) is 2.88. The number of nitrogens with one attached hydrogen (secondary N) is 1. The van der Waals surface area contributed by atoms with Crippen molar-refractivity contribution in [1.29, 1.82) is 0 Å². The second kappa shape index (κ2) is 12.2. The Hall–Kier alpha value is -3.80. The molecule has 1 aliphatic rings. The number of hydrogen-bond donors (Lipinski definition) is 2. The second-order valence-corrected chi connectivity index (χ2v) is 9.07. The van der Waals surface area contributed by atoms with Gasteiger partial charge in [-0.1, -0.05) is 18.2 Å². The maximum atomic E-state index is 13.7. The van der Waals surface area contributed by atoms with Gasteiger partial charge < -0.3 is 20.0 Å². The van der Waals surface area contributed by atoms with Crippen LogP contribution in [-0.4, -0.2) is 57.5 Å². The number of aromatic nitrogens is 3. The van der Waals surface area contributed by atoms with Crippen molar-refractivity contribution in [2.75, 3.05) is 18.4 Å². The third-order valence-electron chi connectivity index (χ3n) is 6.54. The number of carbonyl (C=O) groups is 2. The number of hydrogen-bond acceptors (Lipinski definition) is 7. The molecule has 3 heterocycles. The van der Waals surface area contributed by atoms with Crippen LogP contribution < -0.4 is 5.32 Å². The third kappa shape index (κ3) is 7.15. The lowest BCUT2D eigenvalue weighted by molar-refractivity contribution is -0.139. The number of alkyl halides is 3. The summed E-state index contributed by atoms with van der Waals surface area (Å²) in [4.78, 5) is 36.0. The number of nitrogens with zero attached hydrogens (tertiary/aromatic N) is 4. The first-order chi connectivity index (χ1) is 18.2. The topological polar surface area (TPSA) is 108 Å². The number of carboxylic acid groups (broad SMARTS) is 1. The Morgan fingerprint density at radius 1 is 1.11 bits per heavy atom. The molecule has 0 atom stereocenters. The van der Waals surface area contributed by atoms with Crippen molar-refractivity contribution in [2.24, 2.45) is 0 Å². The Balaban J connectivity index is 1.47. The summed E-state index contributed by atoms with van der Waals surface area (Å²) in [6.45, 7) is 1.61. The molecule has 1 fully saturated rings. The highest BCUT2D eigenvalue weighted by molar-refractivity contribution is 6.64. The Kier molecular flexibility index (Phi) is 8.72. The summed E-state index contributed by atoms with van der Waals surface area (Å²) in [5.74, 6) is -0.645. The first-order valence-corrected chi connectivity index (χ1v) is 12.2. The Morgan fingerprint density at radius 2 is 1.82 bits per heavy atom. The van der Waals surface area contributed by atoms with Gasteiger partial charge in [-0.25, -0.2) is 9.97 Å². The standard InChI is InChI=1S/C26H26BF3N5O3/c28-26(29,30)21-15-32-25(34-23(21)8-7-22-19(14-24(37)38)2-1-11-31-22)33-20-5-3-17(4-6-20)18-9-12-35(13-10-18)27-16-36/h1-6,11,15-16,18H,7-10,12-14H2,(H,37,38)(H,32,33,34). The van der Waals surface area contributed by atoms with Crippen LogP contribution in [0.1, 0.15) is 46.8 Å². The molecule has 1 aromatic carbocycles. The summed E-state index contributed by atoms with van der Waals surface area (Å²) in [6.07, 6.45) is -0.00390. The smallest absolute Gasteiger partial charge is 0.419 e. The summed E-state index contributed by atoms with van der Waals surface area (Å²) in [5.41, 5.74) is 1.53. The number of rotatable bonds is 10. The Labute approximate surface area is 218 Å². The highest BCUT2D eigenvalue weighted by atomic mass is 19.4. The maximum absolute atomic E-state index is 13.7. The van der Waals surface area contributed by atoms with E-state index >= 15 is 0 Å². The predicted octanol–water partition coefficient (Wildman–Crippen LogP) is 4.04. The van der Waals surface area contributed by atoms with E-state index in [9.17, 15) is 22.8 Å². The Morgan fingerprint density at radius 3 is 2.47 bits per heavy atom. The lowest BCUT2D eigenvalue weighted by atomic mass is 9.84. The molecule has 0 aliphatic carbocycles. The minimum Gasteiger partial charge on any atom is -0.481 e. The van der Waals surface area contributed by atoms with E-state index in [0.29, 0.717) is 22.9 Å². The number of anilines is 2. The first kappa shape index (κ1) is 27.2. The van der Waals surface area contributed by atoms with Crippen molar-refractivity contribution in [3.63, 3.8) is 0 Å². The van der Waals surface area contributed by atoms with Crippen LogP contribution in [0, 0.1) is 0 Å².